The number of carbonyl (C=O) groups is 1. The van der Waals surface area contributed by atoms with Crippen LogP contribution in [0.15, 0.2) is 143 Å². The lowest BCUT2D eigenvalue weighted by Gasteiger charge is -2.21. The van der Waals surface area contributed by atoms with Crippen LogP contribution in [-0.4, -0.2) is 23.3 Å². The molecule has 0 aliphatic carbocycles. The second-order valence-corrected chi connectivity index (χ2v) is 12.8. The van der Waals surface area contributed by atoms with E-state index < -0.39 is 9.84 Å². The van der Waals surface area contributed by atoms with Crippen molar-refractivity contribution in [2.45, 2.75) is 9.79 Å². The van der Waals surface area contributed by atoms with Gasteiger partial charge in [-0.15, -0.1) is 0 Å². The first-order valence-electron chi connectivity index (χ1n) is 14.1. The van der Waals surface area contributed by atoms with Crippen LogP contribution in [0.1, 0.15) is 15.9 Å². The fourth-order valence-electron chi connectivity index (χ4n) is 6.79. The van der Waals surface area contributed by atoms with Crippen molar-refractivity contribution in [3.8, 4) is 11.4 Å². The zero-order chi connectivity index (χ0) is 28.9. The molecule has 0 N–H and O–H groups in total. The van der Waals surface area contributed by atoms with E-state index in [1.807, 2.05) is 78.9 Å². The second kappa shape index (κ2) is 8.53. The van der Waals surface area contributed by atoms with E-state index in [9.17, 15) is 13.2 Å². The summed E-state index contributed by atoms with van der Waals surface area (Å²) in [4.78, 5) is 14.1. The highest BCUT2D eigenvalue weighted by molar-refractivity contribution is 7.91. The Hall–Kier alpha value is -5.46. The number of benzene rings is 6. The minimum absolute atomic E-state index is 0.0360. The van der Waals surface area contributed by atoms with Gasteiger partial charge < -0.3 is 9.13 Å². The van der Waals surface area contributed by atoms with Gasteiger partial charge in [-0.25, -0.2) is 8.42 Å². The van der Waals surface area contributed by atoms with Gasteiger partial charge in [0.15, 0.2) is 5.78 Å². The van der Waals surface area contributed by atoms with Gasteiger partial charge in [0, 0.05) is 44.0 Å². The van der Waals surface area contributed by atoms with Crippen molar-refractivity contribution < 1.29 is 13.2 Å². The molecule has 1 aliphatic heterocycles. The van der Waals surface area contributed by atoms with Crippen LogP contribution in [-0.2, 0) is 9.84 Å². The summed E-state index contributed by atoms with van der Waals surface area (Å²) in [6.07, 6.45) is 0. The van der Waals surface area contributed by atoms with Crippen LogP contribution in [0.2, 0.25) is 0 Å². The Morgan fingerprint density at radius 3 is 1.33 bits per heavy atom. The topological polar surface area (TPSA) is 61.1 Å². The lowest BCUT2D eigenvalue weighted by Crippen LogP contribution is -2.21. The lowest BCUT2D eigenvalue weighted by molar-refractivity contribution is 0.103. The van der Waals surface area contributed by atoms with Crippen LogP contribution >= 0.6 is 0 Å². The average Bonchev–Trinajstić information content (AvgIpc) is 3.57. The molecule has 5 nitrogen and oxygen atoms in total. The van der Waals surface area contributed by atoms with E-state index in [0.717, 1.165) is 49.3 Å². The maximum atomic E-state index is 14.1. The number of nitrogens with zero attached hydrogens (tertiary/aromatic N) is 2. The average molecular weight is 575 g/mol. The number of aromatic nitrogens is 2. The van der Waals surface area contributed by atoms with E-state index in [1.165, 1.54) is 0 Å². The van der Waals surface area contributed by atoms with Crippen molar-refractivity contribution in [3.63, 3.8) is 0 Å². The van der Waals surface area contributed by atoms with E-state index in [0.29, 0.717) is 5.69 Å². The lowest BCUT2D eigenvalue weighted by atomic mass is 10.0. The molecule has 0 saturated heterocycles. The zero-order valence-corrected chi connectivity index (χ0v) is 23.5. The van der Waals surface area contributed by atoms with Crippen LogP contribution in [0.3, 0.4) is 0 Å². The molecular weight excluding hydrogens is 552 g/mol. The molecule has 0 amide bonds. The highest BCUT2D eigenvalue weighted by Gasteiger charge is 2.35. The molecule has 2 aromatic heterocycles. The van der Waals surface area contributed by atoms with Crippen LogP contribution in [0.25, 0.3) is 55.0 Å². The Labute approximate surface area is 246 Å². The molecular formula is C37H22N2O3S. The molecule has 1 aliphatic rings. The second-order valence-electron chi connectivity index (χ2n) is 10.9. The van der Waals surface area contributed by atoms with Gasteiger partial charge in [0.1, 0.15) is 0 Å². The molecule has 3 heterocycles. The predicted molar refractivity (Wildman–Crippen MR) is 170 cm³/mol. The van der Waals surface area contributed by atoms with Crippen LogP contribution in [0, 0.1) is 0 Å². The normalized spacial score (nSPS) is 14.0. The largest absolute Gasteiger partial charge is 0.309 e. The van der Waals surface area contributed by atoms with Gasteiger partial charge in [-0.3, -0.25) is 4.79 Å². The summed E-state index contributed by atoms with van der Waals surface area (Å²) in [6, 6.07) is 42.6. The Morgan fingerprint density at radius 1 is 0.419 bits per heavy atom. The van der Waals surface area contributed by atoms with Crippen molar-refractivity contribution in [1.29, 1.82) is 0 Å². The molecule has 6 aromatic carbocycles. The van der Waals surface area contributed by atoms with E-state index >= 15 is 0 Å². The molecule has 43 heavy (non-hydrogen) atoms. The summed E-state index contributed by atoms with van der Waals surface area (Å²) in [5, 5.41) is 4.35. The molecule has 8 aromatic rings. The van der Waals surface area contributed by atoms with Crippen LogP contribution in [0.4, 0.5) is 0 Å². The first-order valence-corrected chi connectivity index (χ1v) is 15.6. The minimum atomic E-state index is -3.97. The van der Waals surface area contributed by atoms with Gasteiger partial charge in [-0.05, 0) is 60.7 Å². The van der Waals surface area contributed by atoms with Crippen molar-refractivity contribution >= 4 is 59.2 Å². The van der Waals surface area contributed by atoms with Gasteiger partial charge in [0.05, 0.1) is 31.9 Å². The maximum Gasteiger partial charge on any atom is 0.208 e. The molecule has 0 bridgehead atoms. The molecule has 6 heteroatoms. The summed E-state index contributed by atoms with van der Waals surface area (Å²) >= 11 is 0. The van der Waals surface area contributed by atoms with E-state index in [-0.39, 0.29) is 26.7 Å². The van der Waals surface area contributed by atoms with Gasteiger partial charge in [0.25, 0.3) is 0 Å². The van der Waals surface area contributed by atoms with Crippen molar-refractivity contribution in [2.24, 2.45) is 0 Å². The molecule has 0 saturated carbocycles. The number of hydrogen-bond acceptors (Lipinski definition) is 3. The number of hydrogen-bond donors (Lipinski definition) is 0. The number of ketones is 1. The quantitative estimate of drug-likeness (QED) is 0.209. The van der Waals surface area contributed by atoms with Crippen LogP contribution in [0.5, 0.6) is 0 Å². The van der Waals surface area contributed by atoms with Crippen molar-refractivity contribution in [2.75, 3.05) is 0 Å². The van der Waals surface area contributed by atoms with Gasteiger partial charge in [-0.2, -0.15) is 0 Å². The monoisotopic (exact) mass is 574 g/mol. The zero-order valence-electron chi connectivity index (χ0n) is 22.7. The summed E-state index contributed by atoms with van der Waals surface area (Å²) in [5.74, 6) is -0.295. The maximum absolute atomic E-state index is 14.1. The molecule has 9 rings (SSSR count). The summed E-state index contributed by atoms with van der Waals surface area (Å²) in [6.45, 7) is 0. The number of para-hydroxylation sites is 4. The molecule has 0 fully saturated rings. The third kappa shape index (κ3) is 3.21. The smallest absolute Gasteiger partial charge is 0.208 e. The minimum Gasteiger partial charge on any atom is -0.309 e. The third-order valence-electron chi connectivity index (χ3n) is 8.67. The molecule has 204 valence electrons. The molecule has 0 radical (unpaired) electrons. The number of fused-ring (bicyclic) bond motifs is 8. The van der Waals surface area contributed by atoms with E-state index in [2.05, 4.69) is 33.4 Å². The van der Waals surface area contributed by atoms with E-state index in [4.69, 9.17) is 0 Å². The summed E-state index contributed by atoms with van der Waals surface area (Å²) in [5.41, 5.74) is 5.74. The fourth-order valence-corrected chi connectivity index (χ4v) is 8.45. The Kier molecular flexibility index (Phi) is 4.80. The Balaban J connectivity index is 1.24. The number of rotatable bonds is 2. The third-order valence-corrected chi connectivity index (χ3v) is 10.5. The summed E-state index contributed by atoms with van der Waals surface area (Å²) < 4.78 is 32.4. The SMILES string of the molecule is O=C1c2cc(-n3c4ccccc4c4ccccc43)ccc2S(=O)(=O)c2cc(-n3c4ccccc4c4ccccc43)ccc21. The van der Waals surface area contributed by atoms with Crippen molar-refractivity contribution in [1.82, 2.24) is 9.13 Å². The van der Waals surface area contributed by atoms with Crippen LogP contribution < -0.4 is 0 Å². The van der Waals surface area contributed by atoms with Gasteiger partial charge in [0.2, 0.25) is 9.84 Å². The Morgan fingerprint density at radius 2 is 0.837 bits per heavy atom. The first-order chi connectivity index (χ1) is 21.0. The highest BCUT2D eigenvalue weighted by atomic mass is 32.2. The standard InChI is InChI=1S/C37H22N2O3S/c40-37-29-19-17-24(39-33-15-7-3-11-27(33)28-12-4-8-16-34(28)39)22-36(29)43(41,42)35-20-18-23(21-30(35)37)38-31-13-5-1-9-25(31)26-10-2-6-14-32(26)38/h1-22H. The van der Waals surface area contributed by atoms with Gasteiger partial charge in [-0.1, -0.05) is 72.8 Å². The molecule has 0 unspecified atom stereocenters. The fraction of sp³-hybridized carbons (Fsp3) is 0. The Bertz CT molecular complexity index is 2500. The van der Waals surface area contributed by atoms with E-state index in [1.54, 1.807) is 30.3 Å². The number of carbonyl (C=O) groups excluding carboxylic acids is 1. The van der Waals surface area contributed by atoms with Crippen molar-refractivity contribution in [3.05, 3.63) is 145 Å². The number of sulfone groups is 1. The molecule has 0 spiro atoms. The highest BCUT2D eigenvalue weighted by Crippen LogP contribution is 2.40. The molecule has 0 atom stereocenters. The first kappa shape index (κ1) is 24.2. The summed E-state index contributed by atoms with van der Waals surface area (Å²) in [7, 11) is -3.97. The van der Waals surface area contributed by atoms with Gasteiger partial charge >= 0.3 is 0 Å². The predicted octanol–water partition coefficient (Wildman–Crippen LogP) is 8.26.